The lowest BCUT2D eigenvalue weighted by Gasteiger charge is -2.28. The van der Waals surface area contributed by atoms with Crippen molar-refractivity contribution >= 4 is 17.6 Å². The van der Waals surface area contributed by atoms with Crippen LogP contribution in [0.5, 0.6) is 0 Å². The molecule has 0 fully saturated rings. The maximum absolute atomic E-state index is 13.1. The van der Waals surface area contributed by atoms with Gasteiger partial charge in [-0.25, -0.2) is 4.79 Å². The Morgan fingerprint density at radius 2 is 1.83 bits per heavy atom. The van der Waals surface area contributed by atoms with Crippen LogP contribution in [-0.2, 0) is 23.1 Å². The number of rotatable bonds is 11. The zero-order valence-corrected chi connectivity index (χ0v) is 17.6. The number of urea groups is 1. The van der Waals surface area contributed by atoms with E-state index in [2.05, 4.69) is 12.2 Å². The number of carbonyl (C=O) groups excluding carboxylic acids is 2. The van der Waals surface area contributed by atoms with Gasteiger partial charge in [-0.2, -0.15) is 0 Å². The van der Waals surface area contributed by atoms with Crippen molar-refractivity contribution in [2.75, 3.05) is 38.7 Å². The molecule has 2 rings (SSSR count). The van der Waals surface area contributed by atoms with E-state index in [0.717, 1.165) is 18.5 Å². The fraction of sp³-hybridized carbons (Fsp3) is 0.455. The van der Waals surface area contributed by atoms with Crippen LogP contribution in [0.2, 0.25) is 0 Å². The molecule has 0 aliphatic rings. The average molecular weight is 401 g/mol. The number of anilines is 1. The third-order valence-electron chi connectivity index (χ3n) is 4.74. The second-order valence-electron chi connectivity index (χ2n) is 6.99. The minimum Gasteiger partial charge on any atom is -0.383 e. The largest absolute Gasteiger partial charge is 0.383 e. The van der Waals surface area contributed by atoms with Crippen LogP contribution in [0.25, 0.3) is 0 Å². The number of carbonyl (C=O) groups is 2. The summed E-state index contributed by atoms with van der Waals surface area (Å²) in [5.41, 5.74) is 1.75. The molecule has 29 heavy (non-hydrogen) atoms. The Bertz CT molecular complexity index is 760. The van der Waals surface area contributed by atoms with Gasteiger partial charge in [-0.1, -0.05) is 31.5 Å². The number of ether oxygens (including phenoxy) is 1. The minimum absolute atomic E-state index is 0.0345. The SMILES string of the molecule is CCCCN(CC(=O)N(CCOC)Cc1cccn1C)C(=O)Nc1ccccc1. The number of aryl methyl sites for hydroxylation is 1. The topological polar surface area (TPSA) is 66.8 Å². The third-order valence-corrected chi connectivity index (χ3v) is 4.74. The van der Waals surface area contributed by atoms with Crippen LogP contribution in [0.15, 0.2) is 48.7 Å². The highest BCUT2D eigenvalue weighted by Crippen LogP contribution is 2.10. The molecular weight excluding hydrogens is 368 g/mol. The predicted octanol–water partition coefficient (Wildman–Crippen LogP) is 3.33. The average Bonchev–Trinajstić information content (AvgIpc) is 3.13. The smallest absolute Gasteiger partial charge is 0.322 e. The van der Waals surface area contributed by atoms with E-state index in [-0.39, 0.29) is 18.5 Å². The van der Waals surface area contributed by atoms with Gasteiger partial charge in [0.25, 0.3) is 0 Å². The molecule has 0 spiro atoms. The van der Waals surface area contributed by atoms with E-state index in [0.29, 0.717) is 31.9 Å². The number of aromatic nitrogens is 1. The number of benzene rings is 1. The lowest BCUT2D eigenvalue weighted by atomic mass is 10.3. The highest BCUT2D eigenvalue weighted by molar-refractivity contribution is 5.92. The number of amides is 3. The van der Waals surface area contributed by atoms with Crippen LogP contribution < -0.4 is 5.32 Å². The Morgan fingerprint density at radius 1 is 1.07 bits per heavy atom. The van der Waals surface area contributed by atoms with Crippen LogP contribution in [0.1, 0.15) is 25.5 Å². The van der Waals surface area contributed by atoms with Gasteiger partial charge in [-0.15, -0.1) is 0 Å². The van der Waals surface area contributed by atoms with Crippen LogP contribution in [0, 0.1) is 0 Å². The zero-order chi connectivity index (χ0) is 21.1. The molecule has 0 saturated carbocycles. The van der Waals surface area contributed by atoms with Gasteiger partial charge in [0.1, 0.15) is 6.54 Å². The number of unbranched alkanes of at least 4 members (excludes halogenated alkanes) is 1. The first-order valence-corrected chi connectivity index (χ1v) is 10.0. The lowest BCUT2D eigenvalue weighted by Crippen LogP contribution is -2.45. The van der Waals surface area contributed by atoms with Crippen molar-refractivity contribution in [3.8, 4) is 0 Å². The lowest BCUT2D eigenvalue weighted by molar-refractivity contribution is -0.133. The second-order valence-corrected chi connectivity index (χ2v) is 6.99. The third kappa shape index (κ3) is 7.27. The molecule has 0 saturated heterocycles. The summed E-state index contributed by atoms with van der Waals surface area (Å²) in [4.78, 5) is 29.2. The fourth-order valence-electron chi connectivity index (χ4n) is 2.94. The van der Waals surface area contributed by atoms with Gasteiger partial charge in [-0.3, -0.25) is 4.79 Å². The van der Waals surface area contributed by atoms with Gasteiger partial charge in [-0.05, 0) is 30.7 Å². The van der Waals surface area contributed by atoms with E-state index in [1.807, 2.05) is 60.3 Å². The number of hydrogen-bond acceptors (Lipinski definition) is 3. The normalized spacial score (nSPS) is 10.6. The molecule has 0 aliphatic heterocycles. The van der Waals surface area contributed by atoms with Crippen LogP contribution in [0.4, 0.5) is 10.5 Å². The second kappa shape index (κ2) is 11.9. The highest BCUT2D eigenvalue weighted by atomic mass is 16.5. The summed E-state index contributed by atoms with van der Waals surface area (Å²) in [6.45, 7) is 4.03. The number of para-hydroxylation sites is 1. The molecule has 158 valence electrons. The predicted molar refractivity (Wildman–Crippen MR) is 115 cm³/mol. The van der Waals surface area contributed by atoms with Crippen molar-refractivity contribution in [3.05, 3.63) is 54.4 Å². The number of nitrogens with one attached hydrogen (secondary N) is 1. The summed E-state index contributed by atoms with van der Waals surface area (Å²) in [7, 11) is 3.57. The summed E-state index contributed by atoms with van der Waals surface area (Å²) < 4.78 is 7.16. The molecule has 7 heteroatoms. The molecule has 0 unspecified atom stereocenters. The van der Waals surface area contributed by atoms with Gasteiger partial charge in [0.2, 0.25) is 5.91 Å². The summed E-state index contributed by atoms with van der Waals surface area (Å²) in [6, 6.07) is 13.0. The van der Waals surface area contributed by atoms with Crippen molar-refractivity contribution in [2.24, 2.45) is 7.05 Å². The quantitative estimate of drug-likeness (QED) is 0.629. The molecule has 1 heterocycles. The molecule has 0 aliphatic carbocycles. The first-order chi connectivity index (χ1) is 14.0. The van der Waals surface area contributed by atoms with Gasteiger partial charge < -0.3 is 24.4 Å². The Labute approximate surface area is 173 Å². The van der Waals surface area contributed by atoms with Crippen molar-refractivity contribution < 1.29 is 14.3 Å². The van der Waals surface area contributed by atoms with Crippen molar-refractivity contribution in [1.82, 2.24) is 14.4 Å². The van der Waals surface area contributed by atoms with Gasteiger partial charge in [0.05, 0.1) is 13.2 Å². The monoisotopic (exact) mass is 400 g/mol. The first kappa shape index (κ1) is 22.5. The van der Waals surface area contributed by atoms with Gasteiger partial charge in [0.15, 0.2) is 0 Å². The Kier molecular flexibility index (Phi) is 9.24. The number of nitrogens with zero attached hydrogens (tertiary/aromatic N) is 3. The number of methoxy groups -OCH3 is 1. The highest BCUT2D eigenvalue weighted by Gasteiger charge is 2.22. The summed E-state index contributed by atoms with van der Waals surface area (Å²) in [5, 5.41) is 2.88. The molecule has 1 N–H and O–H groups in total. The number of hydrogen-bond donors (Lipinski definition) is 1. The van der Waals surface area contributed by atoms with Crippen molar-refractivity contribution in [2.45, 2.75) is 26.3 Å². The zero-order valence-electron chi connectivity index (χ0n) is 17.6. The maximum atomic E-state index is 13.1. The molecular formula is C22H32N4O3. The molecule has 3 amide bonds. The summed E-state index contributed by atoms with van der Waals surface area (Å²) in [5.74, 6) is -0.0948. The Hall–Kier alpha value is -2.80. The molecule has 2 aromatic rings. The van der Waals surface area contributed by atoms with E-state index in [4.69, 9.17) is 4.74 Å². The van der Waals surface area contributed by atoms with Gasteiger partial charge >= 0.3 is 6.03 Å². The molecule has 1 aromatic carbocycles. The van der Waals surface area contributed by atoms with E-state index in [9.17, 15) is 9.59 Å². The standard InChI is InChI=1S/C22H32N4O3/c1-4-5-14-26(22(28)23-19-10-7-6-8-11-19)18-21(27)25(15-16-29-3)17-20-12-9-13-24(20)2/h6-13H,4-5,14-18H2,1-3H3,(H,23,28). The van der Waals surface area contributed by atoms with Crippen molar-refractivity contribution in [1.29, 1.82) is 0 Å². The van der Waals surface area contributed by atoms with E-state index < -0.39 is 0 Å². The van der Waals surface area contributed by atoms with Gasteiger partial charge in [0, 0.05) is 44.8 Å². The van der Waals surface area contributed by atoms with E-state index in [1.54, 1.807) is 16.9 Å². The molecule has 0 bridgehead atoms. The van der Waals surface area contributed by atoms with Crippen LogP contribution in [0.3, 0.4) is 0 Å². The van der Waals surface area contributed by atoms with Crippen LogP contribution >= 0.6 is 0 Å². The van der Waals surface area contributed by atoms with E-state index in [1.165, 1.54) is 0 Å². The molecule has 1 aromatic heterocycles. The Morgan fingerprint density at radius 3 is 2.45 bits per heavy atom. The summed E-state index contributed by atoms with van der Waals surface area (Å²) >= 11 is 0. The first-order valence-electron chi connectivity index (χ1n) is 10.0. The van der Waals surface area contributed by atoms with Crippen molar-refractivity contribution in [3.63, 3.8) is 0 Å². The molecule has 0 radical (unpaired) electrons. The van der Waals surface area contributed by atoms with E-state index >= 15 is 0 Å². The summed E-state index contributed by atoms with van der Waals surface area (Å²) in [6.07, 6.45) is 3.74. The minimum atomic E-state index is -0.261. The maximum Gasteiger partial charge on any atom is 0.322 e. The molecule has 7 nitrogen and oxygen atoms in total. The molecule has 0 atom stereocenters. The van der Waals surface area contributed by atoms with Crippen LogP contribution in [-0.4, -0.2) is 59.7 Å². The fourth-order valence-corrected chi connectivity index (χ4v) is 2.94. The Balaban J connectivity index is 2.07.